The Kier molecular flexibility index (Phi) is 6.26. The predicted octanol–water partition coefficient (Wildman–Crippen LogP) is 2.11. The molecule has 4 nitrogen and oxygen atoms in total. The number of carbonyl (C=O) groups excluding carboxylic acids is 1. The van der Waals surface area contributed by atoms with Gasteiger partial charge in [0.2, 0.25) is 5.91 Å². The molecule has 1 aromatic heterocycles. The van der Waals surface area contributed by atoms with Crippen LogP contribution in [0.25, 0.3) is 0 Å². The number of hydrogen-bond acceptors (Lipinski definition) is 3. The Morgan fingerprint density at radius 2 is 2.41 bits per heavy atom. The standard InChI is InChI=1S/C12H14BrN3O/c13-5-4-12(17)16(8-2-6-14)10-11-3-1-7-15-9-11/h1,3,7,9H,2,4-5,8,10H2. The highest BCUT2D eigenvalue weighted by Crippen LogP contribution is 2.06. The molecule has 0 atom stereocenters. The van der Waals surface area contributed by atoms with E-state index >= 15 is 0 Å². The largest absolute Gasteiger partial charge is 0.337 e. The number of hydrogen-bond donors (Lipinski definition) is 0. The first-order valence-electron chi connectivity index (χ1n) is 5.37. The summed E-state index contributed by atoms with van der Waals surface area (Å²) in [5.41, 5.74) is 0.980. The molecule has 0 aliphatic heterocycles. The van der Waals surface area contributed by atoms with Crippen LogP contribution in [0.1, 0.15) is 18.4 Å². The molecule has 17 heavy (non-hydrogen) atoms. The first-order chi connectivity index (χ1) is 8.27. The number of pyridine rings is 1. The van der Waals surface area contributed by atoms with Gasteiger partial charge in [0.1, 0.15) is 0 Å². The number of carbonyl (C=O) groups is 1. The molecule has 0 bridgehead atoms. The molecule has 1 rings (SSSR count). The van der Waals surface area contributed by atoms with Crippen LogP contribution in [-0.2, 0) is 11.3 Å². The zero-order valence-corrected chi connectivity index (χ0v) is 11.1. The summed E-state index contributed by atoms with van der Waals surface area (Å²) in [6.45, 7) is 0.985. The fourth-order valence-electron chi connectivity index (χ4n) is 1.43. The minimum atomic E-state index is 0.0565. The van der Waals surface area contributed by atoms with Gasteiger partial charge in [-0.2, -0.15) is 5.26 Å². The maximum atomic E-state index is 11.8. The second kappa shape index (κ2) is 7.80. The van der Waals surface area contributed by atoms with Crippen LogP contribution in [0.2, 0.25) is 0 Å². The normalized spacial score (nSPS) is 9.65. The van der Waals surface area contributed by atoms with Gasteiger partial charge in [0.25, 0.3) is 0 Å². The van der Waals surface area contributed by atoms with E-state index in [9.17, 15) is 4.79 Å². The lowest BCUT2D eigenvalue weighted by Gasteiger charge is -2.21. The fraction of sp³-hybridized carbons (Fsp3) is 0.417. The smallest absolute Gasteiger partial charge is 0.223 e. The lowest BCUT2D eigenvalue weighted by Crippen LogP contribution is -2.31. The summed E-state index contributed by atoms with van der Waals surface area (Å²) < 4.78 is 0. The quantitative estimate of drug-likeness (QED) is 0.755. The number of rotatable bonds is 6. The zero-order valence-electron chi connectivity index (χ0n) is 9.47. The zero-order chi connectivity index (χ0) is 12.5. The molecule has 0 spiro atoms. The monoisotopic (exact) mass is 295 g/mol. The van der Waals surface area contributed by atoms with Crippen molar-refractivity contribution >= 4 is 21.8 Å². The maximum Gasteiger partial charge on any atom is 0.223 e. The minimum Gasteiger partial charge on any atom is -0.337 e. The van der Waals surface area contributed by atoms with Crippen molar-refractivity contribution < 1.29 is 4.79 Å². The van der Waals surface area contributed by atoms with Crippen molar-refractivity contribution in [3.63, 3.8) is 0 Å². The topological polar surface area (TPSA) is 57.0 Å². The van der Waals surface area contributed by atoms with E-state index in [1.807, 2.05) is 12.1 Å². The molecule has 1 amide bonds. The molecule has 0 unspecified atom stereocenters. The summed E-state index contributed by atoms with van der Waals surface area (Å²) in [5.74, 6) is 0.0565. The first kappa shape index (κ1) is 13.7. The lowest BCUT2D eigenvalue weighted by atomic mass is 10.2. The van der Waals surface area contributed by atoms with Crippen molar-refractivity contribution in [1.29, 1.82) is 5.26 Å². The fourth-order valence-corrected chi connectivity index (χ4v) is 1.77. The van der Waals surface area contributed by atoms with Gasteiger partial charge in [-0.05, 0) is 11.6 Å². The molecule has 0 saturated carbocycles. The molecule has 0 N–H and O–H groups in total. The van der Waals surface area contributed by atoms with Gasteiger partial charge < -0.3 is 4.90 Å². The van der Waals surface area contributed by atoms with Crippen molar-refractivity contribution in [1.82, 2.24) is 9.88 Å². The molecule has 1 heterocycles. The number of nitriles is 1. The summed E-state index contributed by atoms with van der Waals surface area (Å²) >= 11 is 3.25. The van der Waals surface area contributed by atoms with Crippen molar-refractivity contribution in [2.75, 3.05) is 11.9 Å². The summed E-state index contributed by atoms with van der Waals surface area (Å²) in [4.78, 5) is 17.5. The SMILES string of the molecule is N#CCCN(Cc1cccnc1)C(=O)CCBr. The second-order valence-corrected chi connectivity index (χ2v) is 4.32. The molecule has 1 aromatic rings. The third-order valence-corrected chi connectivity index (χ3v) is 2.65. The highest BCUT2D eigenvalue weighted by atomic mass is 79.9. The Morgan fingerprint density at radius 3 is 3.00 bits per heavy atom. The van der Waals surface area contributed by atoms with Crippen molar-refractivity contribution in [2.45, 2.75) is 19.4 Å². The van der Waals surface area contributed by atoms with Crippen LogP contribution in [0.3, 0.4) is 0 Å². The number of amides is 1. The van der Waals surface area contributed by atoms with Gasteiger partial charge in [0, 0.05) is 37.2 Å². The van der Waals surface area contributed by atoms with Crippen LogP contribution in [-0.4, -0.2) is 27.7 Å². The van der Waals surface area contributed by atoms with Gasteiger partial charge in [-0.3, -0.25) is 9.78 Å². The molecule has 0 saturated heterocycles. The molecule has 0 aromatic carbocycles. The molecule has 5 heteroatoms. The first-order valence-corrected chi connectivity index (χ1v) is 6.49. The number of nitrogens with zero attached hydrogens (tertiary/aromatic N) is 3. The third-order valence-electron chi connectivity index (χ3n) is 2.25. The van der Waals surface area contributed by atoms with Gasteiger partial charge >= 0.3 is 0 Å². The van der Waals surface area contributed by atoms with E-state index in [1.165, 1.54) is 0 Å². The Balaban J connectivity index is 2.63. The molecule has 0 fully saturated rings. The Bertz CT molecular complexity index is 388. The van der Waals surface area contributed by atoms with Gasteiger partial charge in [-0.25, -0.2) is 0 Å². The van der Waals surface area contributed by atoms with Crippen LogP contribution in [0.15, 0.2) is 24.5 Å². The van der Waals surface area contributed by atoms with Crippen molar-refractivity contribution in [3.05, 3.63) is 30.1 Å². The Labute approximate surface area is 109 Å². The van der Waals surface area contributed by atoms with E-state index in [0.29, 0.717) is 31.3 Å². The maximum absolute atomic E-state index is 11.8. The van der Waals surface area contributed by atoms with Crippen LogP contribution in [0.4, 0.5) is 0 Å². The Morgan fingerprint density at radius 1 is 1.59 bits per heavy atom. The van der Waals surface area contributed by atoms with E-state index in [-0.39, 0.29) is 5.91 Å². The van der Waals surface area contributed by atoms with Crippen LogP contribution >= 0.6 is 15.9 Å². The summed E-state index contributed by atoms with van der Waals surface area (Å²) in [6.07, 6.45) is 4.24. The highest BCUT2D eigenvalue weighted by Gasteiger charge is 2.12. The van der Waals surface area contributed by atoms with E-state index in [2.05, 4.69) is 27.0 Å². The van der Waals surface area contributed by atoms with Gasteiger partial charge in [-0.15, -0.1) is 0 Å². The van der Waals surface area contributed by atoms with Crippen LogP contribution in [0.5, 0.6) is 0 Å². The summed E-state index contributed by atoms with van der Waals surface area (Å²) in [7, 11) is 0. The van der Waals surface area contributed by atoms with Crippen LogP contribution in [0, 0.1) is 11.3 Å². The average molecular weight is 296 g/mol. The molecule has 0 aliphatic rings. The van der Waals surface area contributed by atoms with Crippen LogP contribution < -0.4 is 0 Å². The third kappa shape index (κ3) is 4.96. The molecule has 0 radical (unpaired) electrons. The van der Waals surface area contributed by atoms with E-state index in [4.69, 9.17) is 5.26 Å². The second-order valence-electron chi connectivity index (χ2n) is 3.52. The summed E-state index contributed by atoms with van der Waals surface area (Å²) in [6, 6.07) is 5.82. The predicted molar refractivity (Wildman–Crippen MR) is 68.3 cm³/mol. The molecular weight excluding hydrogens is 282 g/mol. The molecule has 0 aliphatic carbocycles. The number of aromatic nitrogens is 1. The average Bonchev–Trinajstić information content (AvgIpc) is 2.36. The molecule has 90 valence electrons. The number of halogens is 1. The van der Waals surface area contributed by atoms with E-state index in [1.54, 1.807) is 17.3 Å². The summed E-state index contributed by atoms with van der Waals surface area (Å²) in [5, 5.41) is 9.22. The highest BCUT2D eigenvalue weighted by molar-refractivity contribution is 9.09. The molecular formula is C12H14BrN3O. The van der Waals surface area contributed by atoms with E-state index < -0.39 is 0 Å². The minimum absolute atomic E-state index is 0.0565. The van der Waals surface area contributed by atoms with Gasteiger partial charge in [0.05, 0.1) is 12.5 Å². The Hall–Kier alpha value is -1.41. The number of alkyl halides is 1. The van der Waals surface area contributed by atoms with Gasteiger partial charge in [-0.1, -0.05) is 22.0 Å². The van der Waals surface area contributed by atoms with Gasteiger partial charge in [0.15, 0.2) is 0 Å². The lowest BCUT2D eigenvalue weighted by molar-refractivity contribution is -0.131. The van der Waals surface area contributed by atoms with Crippen molar-refractivity contribution in [3.8, 4) is 6.07 Å². The van der Waals surface area contributed by atoms with Crippen molar-refractivity contribution in [2.24, 2.45) is 0 Å². The van der Waals surface area contributed by atoms with E-state index in [0.717, 1.165) is 5.56 Å².